The van der Waals surface area contributed by atoms with E-state index in [1.54, 1.807) is 24.3 Å². The van der Waals surface area contributed by atoms with Gasteiger partial charge in [0.1, 0.15) is 10.7 Å². The molecule has 6 nitrogen and oxygen atoms in total. The Morgan fingerprint density at radius 3 is 2.48 bits per heavy atom. The number of anilines is 2. The van der Waals surface area contributed by atoms with Gasteiger partial charge in [0.2, 0.25) is 0 Å². The Kier molecular flexibility index (Phi) is 4.29. The predicted octanol–water partition coefficient (Wildman–Crippen LogP) is 3.13. The monoisotopic (exact) mass is 356 g/mol. The van der Waals surface area contributed by atoms with Crippen LogP contribution in [0, 0.1) is 6.92 Å². The van der Waals surface area contributed by atoms with Crippen LogP contribution >= 0.6 is 11.6 Å². The van der Waals surface area contributed by atoms with Gasteiger partial charge in [0.25, 0.3) is 11.8 Å². The summed E-state index contributed by atoms with van der Waals surface area (Å²) in [6, 6.07) is 12.8. The summed E-state index contributed by atoms with van der Waals surface area (Å²) in [5, 5.41) is 11.5. The number of aryl methyl sites for hydroxylation is 1. The lowest BCUT2D eigenvalue weighted by molar-refractivity contribution is -0.120. The van der Waals surface area contributed by atoms with E-state index < -0.39 is 17.8 Å². The fraction of sp³-hybridized carbons (Fsp3) is 0.0556. The summed E-state index contributed by atoms with van der Waals surface area (Å²) >= 11 is 6.05. The molecule has 0 spiro atoms. The molecule has 126 valence electrons. The maximum atomic E-state index is 12.6. The highest BCUT2D eigenvalue weighted by atomic mass is 35.5. The molecule has 0 bridgehead atoms. The maximum Gasteiger partial charge on any atom is 0.335 e. The van der Waals surface area contributed by atoms with Gasteiger partial charge in [-0.3, -0.25) is 9.59 Å². The van der Waals surface area contributed by atoms with Gasteiger partial charge in [0, 0.05) is 5.69 Å². The third kappa shape index (κ3) is 3.12. The van der Waals surface area contributed by atoms with E-state index in [9.17, 15) is 14.4 Å². The Morgan fingerprint density at radius 2 is 1.80 bits per heavy atom. The van der Waals surface area contributed by atoms with E-state index in [4.69, 9.17) is 16.7 Å². The van der Waals surface area contributed by atoms with Crippen LogP contribution in [-0.2, 0) is 9.59 Å². The summed E-state index contributed by atoms with van der Waals surface area (Å²) in [6.45, 7) is 1.85. The highest BCUT2D eigenvalue weighted by Crippen LogP contribution is 2.30. The van der Waals surface area contributed by atoms with Crippen molar-refractivity contribution >= 4 is 40.8 Å². The van der Waals surface area contributed by atoms with Gasteiger partial charge in [-0.1, -0.05) is 29.8 Å². The zero-order valence-electron chi connectivity index (χ0n) is 13.1. The van der Waals surface area contributed by atoms with Crippen molar-refractivity contribution in [1.29, 1.82) is 0 Å². The molecule has 0 unspecified atom stereocenters. The van der Waals surface area contributed by atoms with E-state index in [1.165, 1.54) is 18.2 Å². The minimum absolute atomic E-state index is 0.0500. The first-order valence-electron chi connectivity index (χ1n) is 7.34. The van der Waals surface area contributed by atoms with Crippen LogP contribution in [0.25, 0.3) is 0 Å². The Balaban J connectivity index is 1.92. The van der Waals surface area contributed by atoms with Crippen LogP contribution in [-0.4, -0.2) is 22.9 Å². The van der Waals surface area contributed by atoms with E-state index in [1.807, 2.05) is 13.0 Å². The summed E-state index contributed by atoms with van der Waals surface area (Å²) < 4.78 is 0. The molecular formula is C18H13ClN2O4. The second-order valence-electron chi connectivity index (χ2n) is 5.48. The molecule has 1 heterocycles. The highest BCUT2D eigenvalue weighted by molar-refractivity contribution is 6.53. The minimum Gasteiger partial charge on any atom is -0.478 e. The van der Waals surface area contributed by atoms with Gasteiger partial charge in [-0.15, -0.1) is 0 Å². The first-order valence-corrected chi connectivity index (χ1v) is 7.72. The average Bonchev–Trinajstić information content (AvgIpc) is 2.79. The zero-order valence-corrected chi connectivity index (χ0v) is 13.9. The molecule has 3 rings (SSSR count). The molecule has 0 aliphatic carbocycles. The van der Waals surface area contributed by atoms with Crippen molar-refractivity contribution in [3.8, 4) is 0 Å². The van der Waals surface area contributed by atoms with Gasteiger partial charge in [-0.2, -0.15) is 0 Å². The van der Waals surface area contributed by atoms with Crippen LogP contribution in [0.5, 0.6) is 0 Å². The van der Waals surface area contributed by atoms with Crippen molar-refractivity contribution < 1.29 is 19.5 Å². The average molecular weight is 357 g/mol. The van der Waals surface area contributed by atoms with Crippen LogP contribution in [0.3, 0.4) is 0 Å². The van der Waals surface area contributed by atoms with Crippen molar-refractivity contribution in [1.82, 2.24) is 0 Å². The quantitative estimate of drug-likeness (QED) is 0.822. The molecule has 2 N–H and O–H groups in total. The Morgan fingerprint density at radius 1 is 1.08 bits per heavy atom. The van der Waals surface area contributed by atoms with E-state index in [0.717, 1.165) is 10.5 Å². The molecule has 0 saturated carbocycles. The van der Waals surface area contributed by atoms with Gasteiger partial charge in [-0.05, 0) is 42.8 Å². The Labute approximate surface area is 148 Å². The van der Waals surface area contributed by atoms with Crippen molar-refractivity contribution in [3.63, 3.8) is 0 Å². The standard InChI is InChI=1S/C18H13ClN2O4/c1-10-4-2-7-13(8-10)21-16(22)14(19)15(17(21)23)20-12-6-3-5-11(9-12)18(24)25/h2-9,20H,1H3,(H,24,25). The number of halogens is 1. The molecule has 1 aliphatic rings. The molecule has 0 radical (unpaired) electrons. The first kappa shape index (κ1) is 16.7. The van der Waals surface area contributed by atoms with E-state index >= 15 is 0 Å². The second-order valence-corrected chi connectivity index (χ2v) is 5.86. The molecule has 2 aromatic rings. The molecule has 0 saturated heterocycles. The zero-order chi connectivity index (χ0) is 18.1. The highest BCUT2D eigenvalue weighted by Gasteiger charge is 2.38. The summed E-state index contributed by atoms with van der Waals surface area (Å²) in [5.41, 5.74) is 1.62. The topological polar surface area (TPSA) is 86.7 Å². The lowest BCUT2D eigenvalue weighted by Gasteiger charge is -2.15. The van der Waals surface area contributed by atoms with Gasteiger partial charge >= 0.3 is 5.97 Å². The van der Waals surface area contributed by atoms with Crippen LogP contribution in [0.1, 0.15) is 15.9 Å². The fourth-order valence-electron chi connectivity index (χ4n) is 2.49. The SMILES string of the molecule is Cc1cccc(N2C(=O)C(Cl)=C(Nc3cccc(C(=O)O)c3)C2=O)c1. The number of carbonyl (C=O) groups is 3. The van der Waals surface area contributed by atoms with Crippen molar-refractivity contribution in [3.05, 3.63) is 70.4 Å². The largest absolute Gasteiger partial charge is 0.478 e. The second kappa shape index (κ2) is 6.41. The number of carboxylic acids is 1. The van der Waals surface area contributed by atoms with Crippen LogP contribution in [0.2, 0.25) is 0 Å². The third-order valence-electron chi connectivity index (χ3n) is 3.67. The van der Waals surface area contributed by atoms with Crippen molar-refractivity contribution in [2.45, 2.75) is 6.92 Å². The molecule has 0 atom stereocenters. The number of carbonyl (C=O) groups excluding carboxylic acids is 2. The summed E-state index contributed by atoms with van der Waals surface area (Å²) in [7, 11) is 0. The number of rotatable bonds is 4. The molecule has 0 fully saturated rings. The predicted molar refractivity (Wildman–Crippen MR) is 93.6 cm³/mol. The van der Waals surface area contributed by atoms with Crippen LogP contribution in [0.4, 0.5) is 11.4 Å². The molecule has 0 aromatic heterocycles. The van der Waals surface area contributed by atoms with Crippen LogP contribution in [0.15, 0.2) is 59.3 Å². The number of hydrogen-bond acceptors (Lipinski definition) is 4. The number of hydrogen-bond donors (Lipinski definition) is 2. The van der Waals surface area contributed by atoms with Gasteiger partial charge < -0.3 is 10.4 Å². The minimum atomic E-state index is -1.10. The number of imide groups is 1. The lowest BCUT2D eigenvalue weighted by atomic mass is 10.2. The van der Waals surface area contributed by atoms with Gasteiger partial charge in [0.15, 0.2) is 0 Å². The molecule has 2 aromatic carbocycles. The van der Waals surface area contributed by atoms with Crippen molar-refractivity contribution in [2.75, 3.05) is 10.2 Å². The normalized spacial score (nSPS) is 14.2. The molecule has 25 heavy (non-hydrogen) atoms. The molecule has 7 heteroatoms. The van der Waals surface area contributed by atoms with Gasteiger partial charge in [0.05, 0.1) is 11.3 Å². The van der Waals surface area contributed by atoms with Crippen molar-refractivity contribution in [2.24, 2.45) is 0 Å². The summed E-state index contributed by atoms with van der Waals surface area (Å²) in [5.74, 6) is -2.32. The number of carboxylic acid groups (broad SMARTS) is 1. The smallest absolute Gasteiger partial charge is 0.335 e. The first-order chi connectivity index (χ1) is 11.9. The molecule has 2 amide bonds. The Bertz CT molecular complexity index is 936. The van der Waals surface area contributed by atoms with Gasteiger partial charge in [-0.25, -0.2) is 9.69 Å². The lowest BCUT2D eigenvalue weighted by Crippen LogP contribution is -2.32. The summed E-state index contributed by atoms with van der Waals surface area (Å²) in [4.78, 5) is 37.1. The van der Waals surface area contributed by atoms with E-state index in [-0.39, 0.29) is 16.3 Å². The number of nitrogens with one attached hydrogen (secondary N) is 1. The molecular weight excluding hydrogens is 344 g/mol. The number of aromatic carboxylic acids is 1. The Hall–Kier alpha value is -3.12. The summed E-state index contributed by atoms with van der Waals surface area (Å²) in [6.07, 6.45) is 0. The number of nitrogens with zero attached hydrogens (tertiary/aromatic N) is 1. The van der Waals surface area contributed by atoms with E-state index in [2.05, 4.69) is 5.32 Å². The number of benzene rings is 2. The third-order valence-corrected chi connectivity index (χ3v) is 4.02. The van der Waals surface area contributed by atoms with E-state index in [0.29, 0.717) is 11.4 Å². The fourth-order valence-corrected chi connectivity index (χ4v) is 2.70. The maximum absolute atomic E-state index is 12.6. The van der Waals surface area contributed by atoms with Crippen LogP contribution < -0.4 is 10.2 Å². The number of amides is 2. The molecule has 1 aliphatic heterocycles.